The summed E-state index contributed by atoms with van der Waals surface area (Å²) in [7, 11) is 6.12. The third-order valence-corrected chi connectivity index (χ3v) is 5.00. The Bertz CT molecular complexity index is 1020. The molecule has 1 heterocycles. The zero-order valence-electron chi connectivity index (χ0n) is 17.6. The van der Waals surface area contributed by atoms with Crippen LogP contribution < -0.4 is 18.9 Å². The maximum absolute atomic E-state index is 13.3. The van der Waals surface area contributed by atoms with Crippen molar-refractivity contribution < 1.29 is 28.8 Å². The van der Waals surface area contributed by atoms with Gasteiger partial charge in [-0.2, -0.15) is 5.10 Å². The number of nitrogens with one attached hydrogen (secondary N) is 1. The monoisotopic (exact) mass is 414 g/mol. The quantitative estimate of drug-likeness (QED) is 0.388. The van der Waals surface area contributed by atoms with E-state index in [0.717, 1.165) is 12.0 Å². The highest BCUT2D eigenvalue weighted by molar-refractivity contribution is 6.15. The third kappa shape index (κ3) is 3.91. The number of carbonyl (C=O) groups is 1. The number of hydrogen-bond donors (Lipinski definition) is 2. The molecule has 0 unspecified atom stereocenters. The predicted molar refractivity (Wildman–Crippen MR) is 112 cm³/mol. The fourth-order valence-corrected chi connectivity index (χ4v) is 3.50. The summed E-state index contributed by atoms with van der Waals surface area (Å²) in [5.41, 5.74) is 2.34. The number of benzene rings is 2. The molecule has 0 amide bonds. The summed E-state index contributed by atoms with van der Waals surface area (Å²) in [6.45, 7) is 0.129. The Morgan fingerprint density at radius 1 is 0.967 bits per heavy atom. The van der Waals surface area contributed by atoms with E-state index in [0.29, 0.717) is 58.0 Å². The molecule has 30 heavy (non-hydrogen) atoms. The standard InChI is InChI=1S/C22H26N2O6/c1-27-16-9-8-15-19(14(16)7-5-6-10-25)23-24-20(15)21(26)13-11-17(28-2)22(30-4)18(12-13)29-3/h8-9,11-12,25H,5-7,10H2,1-4H3,(H,23,24). The van der Waals surface area contributed by atoms with Crippen LogP contribution in [0.4, 0.5) is 0 Å². The molecule has 160 valence electrons. The number of carbonyl (C=O) groups excluding carboxylic acids is 1. The summed E-state index contributed by atoms with van der Waals surface area (Å²) in [5, 5.41) is 17.1. The van der Waals surface area contributed by atoms with Crippen LogP contribution in [-0.4, -0.2) is 56.1 Å². The van der Waals surface area contributed by atoms with Crippen LogP contribution in [0.25, 0.3) is 10.9 Å². The maximum atomic E-state index is 13.3. The summed E-state index contributed by atoms with van der Waals surface area (Å²) in [5.74, 6) is 1.68. The van der Waals surface area contributed by atoms with Gasteiger partial charge in [0.15, 0.2) is 11.5 Å². The molecule has 3 aromatic rings. The Morgan fingerprint density at radius 3 is 2.20 bits per heavy atom. The van der Waals surface area contributed by atoms with Crippen molar-refractivity contribution in [3.8, 4) is 23.0 Å². The van der Waals surface area contributed by atoms with Gasteiger partial charge in [0, 0.05) is 23.1 Å². The number of nitrogens with zero attached hydrogens (tertiary/aromatic N) is 1. The number of methoxy groups -OCH3 is 4. The number of aromatic amines is 1. The molecule has 0 spiro atoms. The van der Waals surface area contributed by atoms with E-state index in [9.17, 15) is 4.79 Å². The summed E-state index contributed by atoms with van der Waals surface area (Å²) >= 11 is 0. The number of aryl methyl sites for hydroxylation is 1. The van der Waals surface area contributed by atoms with Crippen molar-refractivity contribution in [1.82, 2.24) is 10.2 Å². The highest BCUT2D eigenvalue weighted by Crippen LogP contribution is 2.39. The van der Waals surface area contributed by atoms with Crippen molar-refractivity contribution in [1.29, 1.82) is 0 Å². The Kier molecular flexibility index (Phi) is 6.79. The first-order valence-corrected chi connectivity index (χ1v) is 9.59. The number of hydrogen-bond acceptors (Lipinski definition) is 7. The first-order valence-electron chi connectivity index (χ1n) is 9.59. The van der Waals surface area contributed by atoms with Gasteiger partial charge in [-0.3, -0.25) is 9.89 Å². The summed E-state index contributed by atoms with van der Waals surface area (Å²) in [6.07, 6.45) is 2.15. The van der Waals surface area contributed by atoms with Crippen molar-refractivity contribution in [2.75, 3.05) is 35.0 Å². The van der Waals surface area contributed by atoms with Crippen molar-refractivity contribution in [2.24, 2.45) is 0 Å². The van der Waals surface area contributed by atoms with E-state index in [1.54, 1.807) is 19.2 Å². The van der Waals surface area contributed by atoms with E-state index < -0.39 is 0 Å². The number of ketones is 1. The molecule has 0 aliphatic heterocycles. The average molecular weight is 414 g/mol. The Balaban J connectivity index is 2.07. The molecular formula is C22H26N2O6. The molecule has 0 saturated carbocycles. The zero-order valence-corrected chi connectivity index (χ0v) is 17.6. The summed E-state index contributed by atoms with van der Waals surface area (Å²) in [4.78, 5) is 13.3. The zero-order chi connectivity index (χ0) is 21.7. The molecule has 2 aromatic carbocycles. The molecule has 0 fully saturated rings. The lowest BCUT2D eigenvalue weighted by Gasteiger charge is -2.13. The van der Waals surface area contributed by atoms with Gasteiger partial charge in [0.1, 0.15) is 11.4 Å². The minimum absolute atomic E-state index is 0.129. The molecule has 2 N–H and O–H groups in total. The Hall–Kier alpha value is -3.26. The first kappa shape index (κ1) is 21.4. The molecule has 0 bridgehead atoms. The van der Waals surface area contributed by atoms with Crippen LogP contribution in [0.5, 0.6) is 23.0 Å². The smallest absolute Gasteiger partial charge is 0.211 e. The number of unbranched alkanes of at least 4 members (excludes halogenated alkanes) is 1. The summed E-state index contributed by atoms with van der Waals surface area (Å²) < 4.78 is 21.5. The van der Waals surface area contributed by atoms with Gasteiger partial charge < -0.3 is 24.1 Å². The number of ether oxygens (including phenoxy) is 4. The maximum Gasteiger partial charge on any atom is 0.211 e. The van der Waals surface area contributed by atoms with Gasteiger partial charge in [0.2, 0.25) is 11.5 Å². The van der Waals surface area contributed by atoms with Crippen molar-refractivity contribution in [3.63, 3.8) is 0 Å². The number of fused-ring (bicyclic) bond motifs is 1. The van der Waals surface area contributed by atoms with Crippen molar-refractivity contribution in [2.45, 2.75) is 19.3 Å². The van der Waals surface area contributed by atoms with Crippen molar-refractivity contribution in [3.05, 3.63) is 41.1 Å². The van der Waals surface area contributed by atoms with Crippen LogP contribution in [0, 0.1) is 0 Å². The largest absolute Gasteiger partial charge is 0.496 e. The van der Waals surface area contributed by atoms with Crippen LogP contribution in [0.2, 0.25) is 0 Å². The SMILES string of the molecule is COc1cc(C(=O)c2[nH]nc3c(CCCCO)c(OC)ccc23)cc(OC)c1OC. The second-order valence-corrected chi connectivity index (χ2v) is 6.67. The lowest BCUT2D eigenvalue weighted by Crippen LogP contribution is -2.05. The van der Waals surface area contributed by atoms with Gasteiger partial charge in [0.25, 0.3) is 0 Å². The Morgan fingerprint density at radius 2 is 1.63 bits per heavy atom. The highest BCUT2D eigenvalue weighted by Gasteiger charge is 2.22. The fourth-order valence-electron chi connectivity index (χ4n) is 3.50. The molecule has 0 radical (unpaired) electrons. The predicted octanol–water partition coefficient (Wildman–Crippen LogP) is 3.14. The van der Waals surface area contributed by atoms with E-state index in [1.807, 2.05) is 12.1 Å². The van der Waals surface area contributed by atoms with Gasteiger partial charge in [-0.05, 0) is 43.5 Å². The van der Waals surface area contributed by atoms with E-state index in [1.165, 1.54) is 21.3 Å². The Labute approximate surface area is 174 Å². The van der Waals surface area contributed by atoms with Crippen LogP contribution in [0.15, 0.2) is 24.3 Å². The molecule has 0 saturated heterocycles. The van der Waals surface area contributed by atoms with Crippen LogP contribution in [0.3, 0.4) is 0 Å². The van der Waals surface area contributed by atoms with Crippen LogP contribution in [0.1, 0.15) is 34.5 Å². The van der Waals surface area contributed by atoms with Gasteiger partial charge in [-0.25, -0.2) is 0 Å². The van der Waals surface area contributed by atoms with Crippen molar-refractivity contribution >= 4 is 16.7 Å². The minimum Gasteiger partial charge on any atom is -0.496 e. The minimum atomic E-state index is -0.247. The molecule has 0 atom stereocenters. The molecule has 3 rings (SSSR count). The topological polar surface area (TPSA) is 103 Å². The highest BCUT2D eigenvalue weighted by atomic mass is 16.5. The van der Waals surface area contributed by atoms with E-state index in [4.69, 9.17) is 24.1 Å². The number of H-pyrrole nitrogens is 1. The van der Waals surface area contributed by atoms with Gasteiger partial charge in [0.05, 0.1) is 34.0 Å². The molecular weight excluding hydrogens is 388 g/mol. The molecule has 0 aliphatic carbocycles. The van der Waals surface area contributed by atoms with E-state index in [2.05, 4.69) is 10.2 Å². The molecule has 8 heteroatoms. The molecule has 8 nitrogen and oxygen atoms in total. The van der Waals surface area contributed by atoms with Crippen LogP contribution in [-0.2, 0) is 6.42 Å². The van der Waals surface area contributed by atoms with Crippen LogP contribution >= 0.6 is 0 Å². The average Bonchev–Trinajstić information content (AvgIpc) is 3.22. The lowest BCUT2D eigenvalue weighted by atomic mass is 10.00. The van der Waals surface area contributed by atoms with Gasteiger partial charge >= 0.3 is 0 Å². The lowest BCUT2D eigenvalue weighted by molar-refractivity contribution is 0.103. The third-order valence-electron chi connectivity index (χ3n) is 5.00. The second kappa shape index (κ2) is 9.49. The number of rotatable bonds is 10. The molecule has 1 aromatic heterocycles. The van der Waals surface area contributed by atoms with Gasteiger partial charge in [-0.1, -0.05) is 0 Å². The fraction of sp³-hybridized carbons (Fsp3) is 0.364. The molecule has 0 aliphatic rings. The van der Waals surface area contributed by atoms with Gasteiger partial charge in [-0.15, -0.1) is 0 Å². The number of aliphatic hydroxyl groups excluding tert-OH is 1. The number of aliphatic hydroxyl groups is 1. The summed E-state index contributed by atoms with van der Waals surface area (Å²) in [6, 6.07) is 6.88. The normalized spacial score (nSPS) is 10.8. The first-order chi connectivity index (χ1) is 14.6. The number of aromatic nitrogens is 2. The van der Waals surface area contributed by atoms with E-state index in [-0.39, 0.29) is 12.4 Å². The van der Waals surface area contributed by atoms with E-state index >= 15 is 0 Å². The second-order valence-electron chi connectivity index (χ2n) is 6.67.